The number of methoxy groups -OCH3 is 2. The van der Waals surface area contributed by atoms with Gasteiger partial charge in [0, 0.05) is 12.3 Å². The van der Waals surface area contributed by atoms with Crippen LogP contribution in [0.15, 0.2) is 30.5 Å². The molecule has 0 saturated heterocycles. The topological polar surface area (TPSA) is 65.4 Å². The van der Waals surface area contributed by atoms with Crippen LogP contribution in [0.5, 0.6) is 11.5 Å². The van der Waals surface area contributed by atoms with Crippen molar-refractivity contribution in [3.8, 4) is 11.5 Å². The Balaban J connectivity index is 2.23. The van der Waals surface area contributed by atoms with Gasteiger partial charge in [0.25, 0.3) is 0 Å². The van der Waals surface area contributed by atoms with Crippen molar-refractivity contribution in [3.05, 3.63) is 36.2 Å². The molecule has 0 bridgehead atoms. The summed E-state index contributed by atoms with van der Waals surface area (Å²) in [5, 5.41) is 5.59. The molecule has 0 unspecified atom stereocenters. The number of hydrogen-bond acceptors (Lipinski definition) is 4. The molecule has 6 nitrogen and oxygen atoms in total. The summed E-state index contributed by atoms with van der Waals surface area (Å²) in [4.78, 5) is 11.9. The molecule has 0 fully saturated rings. The summed E-state index contributed by atoms with van der Waals surface area (Å²) < 4.78 is 48.0. The molecule has 0 spiro atoms. The van der Waals surface area contributed by atoms with Crippen molar-refractivity contribution in [2.75, 3.05) is 19.5 Å². The third-order valence-corrected chi connectivity index (χ3v) is 2.74. The first-order valence-corrected chi connectivity index (χ1v) is 6.01. The molecule has 1 aromatic carbocycles. The lowest BCUT2D eigenvalue weighted by atomic mass is 10.2. The Morgan fingerprint density at radius 2 is 1.95 bits per heavy atom. The maximum Gasteiger partial charge on any atom is 0.435 e. The lowest BCUT2D eigenvalue weighted by Crippen LogP contribution is -2.21. The molecule has 1 heterocycles. The second-order valence-corrected chi connectivity index (χ2v) is 4.14. The maximum atomic E-state index is 12.5. The van der Waals surface area contributed by atoms with Crippen molar-refractivity contribution in [1.82, 2.24) is 9.78 Å². The Morgan fingerprint density at radius 3 is 2.50 bits per heavy atom. The highest BCUT2D eigenvalue weighted by atomic mass is 19.4. The molecule has 0 aliphatic rings. The van der Waals surface area contributed by atoms with Gasteiger partial charge in [-0.1, -0.05) is 0 Å². The highest BCUT2D eigenvalue weighted by molar-refractivity contribution is 5.92. The first-order valence-electron chi connectivity index (χ1n) is 6.01. The Kier molecular flexibility index (Phi) is 4.25. The second-order valence-electron chi connectivity index (χ2n) is 4.14. The Morgan fingerprint density at radius 1 is 1.23 bits per heavy atom. The molecule has 2 aromatic rings. The fourth-order valence-electron chi connectivity index (χ4n) is 1.67. The number of benzene rings is 1. The Labute approximate surface area is 123 Å². The van der Waals surface area contributed by atoms with Gasteiger partial charge in [0.15, 0.2) is 5.69 Å². The normalized spacial score (nSPS) is 11.1. The average molecular weight is 315 g/mol. The fraction of sp³-hybridized carbons (Fsp3) is 0.231. The van der Waals surface area contributed by atoms with Crippen molar-refractivity contribution in [2.45, 2.75) is 6.18 Å². The van der Waals surface area contributed by atoms with E-state index in [0.29, 0.717) is 22.2 Å². The molecule has 1 aromatic heterocycles. The SMILES string of the molecule is COc1ccc(OC)c(NC(=O)n2ccc(C(F)(F)F)n2)c1. The quantitative estimate of drug-likeness (QED) is 0.945. The molecular weight excluding hydrogens is 303 g/mol. The summed E-state index contributed by atoms with van der Waals surface area (Å²) in [5.74, 6) is 0.782. The molecule has 0 saturated carbocycles. The van der Waals surface area contributed by atoms with Crippen LogP contribution >= 0.6 is 0 Å². The summed E-state index contributed by atoms with van der Waals surface area (Å²) in [7, 11) is 2.84. The highest BCUT2D eigenvalue weighted by Gasteiger charge is 2.34. The van der Waals surface area contributed by atoms with Gasteiger partial charge >= 0.3 is 12.2 Å². The van der Waals surface area contributed by atoms with Crippen LogP contribution in [-0.2, 0) is 6.18 Å². The predicted molar refractivity (Wildman–Crippen MR) is 71.2 cm³/mol. The van der Waals surface area contributed by atoms with Crippen molar-refractivity contribution < 1.29 is 27.4 Å². The van der Waals surface area contributed by atoms with E-state index in [2.05, 4.69) is 10.4 Å². The Hall–Kier alpha value is -2.71. The van der Waals surface area contributed by atoms with Gasteiger partial charge in [-0.2, -0.15) is 23.0 Å². The minimum absolute atomic E-state index is 0.246. The number of ether oxygens (including phenoxy) is 2. The van der Waals surface area contributed by atoms with E-state index in [1.807, 2.05) is 0 Å². The van der Waals surface area contributed by atoms with E-state index in [-0.39, 0.29) is 5.69 Å². The number of anilines is 1. The van der Waals surface area contributed by atoms with Crippen LogP contribution in [-0.4, -0.2) is 30.0 Å². The number of amides is 1. The van der Waals surface area contributed by atoms with Gasteiger partial charge in [-0.3, -0.25) is 0 Å². The molecule has 9 heteroatoms. The summed E-state index contributed by atoms with van der Waals surface area (Å²) >= 11 is 0. The van der Waals surface area contributed by atoms with Crippen LogP contribution in [0.4, 0.5) is 23.7 Å². The lowest BCUT2D eigenvalue weighted by Gasteiger charge is -2.11. The van der Waals surface area contributed by atoms with E-state index < -0.39 is 17.9 Å². The number of aromatic nitrogens is 2. The van der Waals surface area contributed by atoms with Crippen molar-refractivity contribution >= 4 is 11.7 Å². The van der Waals surface area contributed by atoms with Crippen LogP contribution in [0, 0.1) is 0 Å². The minimum atomic E-state index is -4.61. The van der Waals surface area contributed by atoms with E-state index in [1.165, 1.54) is 20.3 Å². The van der Waals surface area contributed by atoms with Crippen LogP contribution in [0.25, 0.3) is 0 Å². The monoisotopic (exact) mass is 315 g/mol. The van der Waals surface area contributed by atoms with Gasteiger partial charge in [0.05, 0.1) is 19.9 Å². The molecule has 0 aliphatic heterocycles. The van der Waals surface area contributed by atoms with Gasteiger partial charge in [0.1, 0.15) is 11.5 Å². The summed E-state index contributed by atoms with van der Waals surface area (Å²) in [6, 6.07) is 4.50. The summed E-state index contributed by atoms with van der Waals surface area (Å²) in [6.07, 6.45) is -3.69. The molecule has 2 rings (SSSR count). The molecular formula is C13H12F3N3O3. The van der Waals surface area contributed by atoms with E-state index in [4.69, 9.17) is 9.47 Å². The van der Waals surface area contributed by atoms with Gasteiger partial charge in [-0.05, 0) is 18.2 Å². The van der Waals surface area contributed by atoms with Gasteiger partial charge in [0.2, 0.25) is 0 Å². The summed E-state index contributed by atoms with van der Waals surface area (Å²) in [5.41, 5.74) is -0.906. The predicted octanol–water partition coefficient (Wildman–Crippen LogP) is 3.00. The lowest BCUT2D eigenvalue weighted by molar-refractivity contribution is -0.141. The van der Waals surface area contributed by atoms with Crippen LogP contribution in [0.2, 0.25) is 0 Å². The third-order valence-electron chi connectivity index (χ3n) is 2.74. The zero-order valence-corrected chi connectivity index (χ0v) is 11.6. The first-order chi connectivity index (χ1) is 10.3. The van der Waals surface area contributed by atoms with Crippen LogP contribution < -0.4 is 14.8 Å². The zero-order chi connectivity index (χ0) is 16.3. The molecule has 22 heavy (non-hydrogen) atoms. The number of halogens is 3. The molecule has 0 aliphatic carbocycles. The summed E-state index contributed by atoms with van der Waals surface area (Å²) in [6.45, 7) is 0. The van der Waals surface area contributed by atoms with E-state index in [0.717, 1.165) is 6.20 Å². The van der Waals surface area contributed by atoms with E-state index in [9.17, 15) is 18.0 Å². The van der Waals surface area contributed by atoms with Gasteiger partial charge in [-0.15, -0.1) is 0 Å². The average Bonchev–Trinajstić information content (AvgIpc) is 2.97. The minimum Gasteiger partial charge on any atom is -0.497 e. The number of hydrogen-bond donors (Lipinski definition) is 1. The highest BCUT2D eigenvalue weighted by Crippen LogP contribution is 2.29. The van der Waals surface area contributed by atoms with Crippen LogP contribution in [0.1, 0.15) is 5.69 Å². The largest absolute Gasteiger partial charge is 0.497 e. The van der Waals surface area contributed by atoms with E-state index in [1.54, 1.807) is 12.1 Å². The molecule has 1 N–H and O–H groups in total. The third kappa shape index (κ3) is 3.30. The standard InChI is InChI=1S/C13H12F3N3O3/c1-21-8-3-4-10(22-2)9(7-8)17-12(20)19-6-5-11(18-19)13(14,15)16/h3-7H,1-2H3,(H,17,20). The zero-order valence-electron chi connectivity index (χ0n) is 11.6. The number of carbonyl (C=O) groups is 1. The van der Waals surface area contributed by atoms with Gasteiger partial charge < -0.3 is 14.8 Å². The molecule has 118 valence electrons. The molecule has 0 radical (unpaired) electrons. The fourth-order valence-corrected chi connectivity index (χ4v) is 1.67. The molecule has 0 atom stereocenters. The number of nitrogens with one attached hydrogen (secondary N) is 1. The van der Waals surface area contributed by atoms with Crippen LogP contribution in [0.3, 0.4) is 0 Å². The van der Waals surface area contributed by atoms with Crippen molar-refractivity contribution in [3.63, 3.8) is 0 Å². The van der Waals surface area contributed by atoms with Crippen molar-refractivity contribution in [1.29, 1.82) is 0 Å². The molecule has 1 amide bonds. The second kappa shape index (κ2) is 5.96. The number of nitrogens with zero attached hydrogens (tertiary/aromatic N) is 2. The first kappa shape index (κ1) is 15.7. The smallest absolute Gasteiger partial charge is 0.435 e. The van der Waals surface area contributed by atoms with Gasteiger partial charge in [-0.25, -0.2) is 4.79 Å². The van der Waals surface area contributed by atoms with Crippen molar-refractivity contribution in [2.24, 2.45) is 0 Å². The number of rotatable bonds is 3. The maximum absolute atomic E-state index is 12.5. The number of alkyl halides is 3. The Bertz CT molecular complexity index is 683. The van der Waals surface area contributed by atoms with E-state index >= 15 is 0 Å². The number of carbonyl (C=O) groups excluding carboxylic acids is 1.